The Kier molecular flexibility index (Phi) is 6.97. The summed E-state index contributed by atoms with van der Waals surface area (Å²) in [6.07, 6.45) is -0.390. The van der Waals surface area contributed by atoms with Crippen molar-refractivity contribution in [3.63, 3.8) is 0 Å². The highest BCUT2D eigenvalue weighted by molar-refractivity contribution is 7.86. The van der Waals surface area contributed by atoms with Crippen LogP contribution >= 0.6 is 0 Å². The highest BCUT2D eigenvalue weighted by Gasteiger charge is 2.32. The Balaban J connectivity index is 1.47. The number of benzene rings is 2. The molecule has 0 bridgehead atoms. The van der Waals surface area contributed by atoms with Crippen LogP contribution in [0.5, 0.6) is 6.01 Å². The molecule has 1 unspecified atom stereocenters. The fraction of sp³-hybridized carbons (Fsp3) is 0.0400. The van der Waals surface area contributed by atoms with Crippen LogP contribution in [0.15, 0.2) is 72.1 Å². The number of ketones is 1. The second-order valence-electron chi connectivity index (χ2n) is 8.07. The molecule has 3 aromatic heterocycles. The van der Waals surface area contributed by atoms with Crippen molar-refractivity contribution in [3.05, 3.63) is 95.8 Å². The lowest BCUT2D eigenvalue weighted by Crippen LogP contribution is -2.18. The van der Waals surface area contributed by atoms with Gasteiger partial charge in [0.05, 0.1) is 16.1 Å². The van der Waals surface area contributed by atoms with Crippen LogP contribution in [0.1, 0.15) is 15.9 Å². The number of pyridine rings is 1. The Bertz CT molecular complexity index is 1780. The molecule has 0 saturated carbocycles. The molecule has 0 aliphatic carbocycles. The molecule has 5 aromatic rings. The molecule has 0 radical (unpaired) electrons. The summed E-state index contributed by atoms with van der Waals surface area (Å²) in [6.45, 7) is 0. The van der Waals surface area contributed by atoms with Gasteiger partial charge in [0, 0.05) is 46.9 Å². The van der Waals surface area contributed by atoms with Gasteiger partial charge in [-0.25, -0.2) is 32.3 Å². The van der Waals surface area contributed by atoms with Crippen LogP contribution in [-0.4, -0.2) is 36.3 Å². The molecular formula is C25H13F6N5O3S. The number of aromatic nitrogens is 4. The van der Waals surface area contributed by atoms with E-state index in [0.29, 0.717) is 0 Å². The maximum absolute atomic E-state index is 15.4. The molecular weight excluding hydrogens is 564 g/mol. The summed E-state index contributed by atoms with van der Waals surface area (Å²) in [5.41, 5.74) is -0.932. The summed E-state index contributed by atoms with van der Waals surface area (Å²) < 4.78 is 99.2. The molecule has 2 aromatic carbocycles. The molecule has 0 amide bonds. The van der Waals surface area contributed by atoms with Crippen molar-refractivity contribution in [2.24, 2.45) is 0 Å². The van der Waals surface area contributed by atoms with Crippen LogP contribution in [-0.2, 0) is 11.0 Å². The topological polar surface area (TPSA) is 110 Å². The van der Waals surface area contributed by atoms with Gasteiger partial charge >= 0.3 is 12.4 Å². The largest absolute Gasteiger partial charge is 0.575 e. The van der Waals surface area contributed by atoms with E-state index in [0.717, 1.165) is 36.7 Å². The number of nitrogens with one attached hydrogen (secondary N) is 2. The molecule has 1 atom stereocenters. The molecule has 5 rings (SSSR count). The maximum atomic E-state index is 15.4. The van der Waals surface area contributed by atoms with Crippen LogP contribution in [0.4, 0.5) is 32.0 Å². The average Bonchev–Trinajstić information content (AvgIpc) is 3.33. The van der Waals surface area contributed by atoms with E-state index in [4.69, 9.17) is 0 Å². The van der Waals surface area contributed by atoms with Gasteiger partial charge in [-0.15, -0.1) is 13.2 Å². The predicted molar refractivity (Wildman–Crippen MR) is 130 cm³/mol. The number of ether oxygens (including phenoxy) is 1. The van der Waals surface area contributed by atoms with Crippen LogP contribution in [0, 0.1) is 17.5 Å². The predicted octanol–water partition coefficient (Wildman–Crippen LogP) is 5.70. The molecule has 204 valence electrons. The molecule has 0 saturated heterocycles. The average molecular weight is 577 g/mol. The van der Waals surface area contributed by atoms with Crippen molar-refractivity contribution < 1.29 is 40.1 Å². The Labute approximate surface area is 222 Å². The first-order chi connectivity index (χ1) is 19.0. The molecule has 0 aliphatic rings. The molecule has 15 heteroatoms. The standard InChI is InChI=1S/C25H13F6N5O3S/c26-14-2-1-3-15(7-14)40(38)36-19-5-4-18(27)20(21(19)28)22(37)17-11-33-23-16(17)6-12(8-32-23)13-9-34-24(35-10-13)39-25(29,30)31/h1-11,36H,(H,32,33). The van der Waals surface area contributed by atoms with E-state index in [1.165, 1.54) is 30.6 Å². The van der Waals surface area contributed by atoms with Gasteiger partial charge < -0.3 is 9.72 Å². The summed E-state index contributed by atoms with van der Waals surface area (Å²) in [5, 5.41) is 0.138. The maximum Gasteiger partial charge on any atom is 0.575 e. The number of alkyl halides is 3. The van der Waals surface area contributed by atoms with E-state index in [1.807, 2.05) is 0 Å². The summed E-state index contributed by atoms with van der Waals surface area (Å²) in [4.78, 5) is 27.1. The van der Waals surface area contributed by atoms with E-state index in [1.54, 1.807) is 0 Å². The van der Waals surface area contributed by atoms with Gasteiger partial charge in [0.1, 0.15) is 28.3 Å². The number of H-pyrrole nitrogens is 1. The van der Waals surface area contributed by atoms with Crippen molar-refractivity contribution in [1.29, 1.82) is 0 Å². The van der Waals surface area contributed by atoms with E-state index in [9.17, 15) is 31.0 Å². The number of nitrogens with zero attached hydrogens (tertiary/aromatic N) is 3. The summed E-state index contributed by atoms with van der Waals surface area (Å²) in [5.74, 6) is -4.28. The monoisotopic (exact) mass is 577 g/mol. The molecule has 40 heavy (non-hydrogen) atoms. The van der Waals surface area contributed by atoms with E-state index < -0.39 is 57.8 Å². The van der Waals surface area contributed by atoms with Crippen molar-refractivity contribution in [3.8, 4) is 17.1 Å². The number of halogens is 6. The fourth-order valence-electron chi connectivity index (χ4n) is 3.69. The van der Waals surface area contributed by atoms with Gasteiger partial charge in [0.2, 0.25) is 5.78 Å². The Morgan fingerprint density at radius 3 is 2.38 bits per heavy atom. The molecule has 2 N–H and O–H groups in total. The minimum Gasteiger partial charge on any atom is -0.371 e. The quantitative estimate of drug-likeness (QED) is 0.190. The van der Waals surface area contributed by atoms with Gasteiger partial charge in [0.25, 0.3) is 0 Å². The van der Waals surface area contributed by atoms with Gasteiger partial charge in [-0.1, -0.05) is 6.07 Å². The number of hydrogen-bond acceptors (Lipinski definition) is 6. The SMILES string of the molecule is O=C(c1c(F)ccc(NS(=O)c2cccc(F)c2)c1F)c1c[nH]c2ncc(-c3cnc(OC(F)(F)F)nc3)cc12. The first kappa shape index (κ1) is 26.8. The van der Waals surface area contributed by atoms with Crippen LogP contribution in [0.2, 0.25) is 0 Å². The summed E-state index contributed by atoms with van der Waals surface area (Å²) in [7, 11) is -2.14. The minimum atomic E-state index is -4.98. The fourth-order valence-corrected chi connectivity index (χ4v) is 4.58. The molecule has 8 nitrogen and oxygen atoms in total. The van der Waals surface area contributed by atoms with E-state index in [-0.39, 0.29) is 32.6 Å². The smallest absolute Gasteiger partial charge is 0.371 e. The van der Waals surface area contributed by atoms with Crippen molar-refractivity contribution in [2.75, 3.05) is 4.72 Å². The van der Waals surface area contributed by atoms with Gasteiger partial charge in [-0.3, -0.25) is 9.52 Å². The normalized spacial score (nSPS) is 12.3. The zero-order valence-electron chi connectivity index (χ0n) is 19.6. The minimum absolute atomic E-state index is 0.0196. The molecule has 3 heterocycles. The lowest BCUT2D eigenvalue weighted by atomic mass is 10.0. The van der Waals surface area contributed by atoms with Crippen molar-refractivity contribution in [2.45, 2.75) is 11.3 Å². The first-order valence-electron chi connectivity index (χ1n) is 11.0. The second kappa shape index (κ2) is 10.4. The second-order valence-corrected chi connectivity index (χ2v) is 9.28. The number of aromatic amines is 1. The molecule has 0 fully saturated rings. The third-order valence-corrected chi connectivity index (χ3v) is 6.56. The molecule has 0 spiro atoms. The summed E-state index contributed by atoms with van der Waals surface area (Å²) in [6, 6.07) is 6.96. The first-order valence-corrected chi connectivity index (χ1v) is 12.2. The highest BCUT2D eigenvalue weighted by atomic mass is 32.2. The van der Waals surface area contributed by atoms with Crippen LogP contribution in [0.3, 0.4) is 0 Å². The lowest BCUT2D eigenvalue weighted by Gasteiger charge is -2.11. The third kappa shape index (κ3) is 5.49. The number of fused-ring (bicyclic) bond motifs is 1. The Morgan fingerprint density at radius 2 is 1.68 bits per heavy atom. The van der Waals surface area contributed by atoms with Gasteiger partial charge in [0.15, 0.2) is 5.82 Å². The van der Waals surface area contributed by atoms with Crippen molar-refractivity contribution in [1.82, 2.24) is 19.9 Å². The zero-order valence-corrected chi connectivity index (χ0v) is 20.4. The highest BCUT2D eigenvalue weighted by Crippen LogP contribution is 2.30. The lowest BCUT2D eigenvalue weighted by molar-refractivity contribution is -0.277. The zero-order chi connectivity index (χ0) is 28.6. The number of rotatable bonds is 7. The number of anilines is 1. The van der Waals surface area contributed by atoms with Gasteiger partial charge in [-0.05, 0) is 36.4 Å². The Hall–Kier alpha value is -4.79. The number of hydrogen-bond donors (Lipinski definition) is 2. The van der Waals surface area contributed by atoms with E-state index in [2.05, 4.69) is 29.4 Å². The van der Waals surface area contributed by atoms with E-state index >= 15 is 4.39 Å². The summed E-state index contributed by atoms with van der Waals surface area (Å²) >= 11 is 0. The van der Waals surface area contributed by atoms with Crippen LogP contribution < -0.4 is 9.46 Å². The van der Waals surface area contributed by atoms with Gasteiger partial charge in [-0.2, -0.15) is 0 Å². The number of carbonyl (C=O) groups excluding carboxylic acids is 1. The number of carbonyl (C=O) groups is 1. The Morgan fingerprint density at radius 1 is 0.950 bits per heavy atom. The van der Waals surface area contributed by atoms with Crippen molar-refractivity contribution >= 4 is 33.5 Å². The third-order valence-electron chi connectivity index (χ3n) is 5.48. The van der Waals surface area contributed by atoms with Crippen LogP contribution in [0.25, 0.3) is 22.2 Å². The molecule has 0 aliphatic heterocycles.